The van der Waals surface area contributed by atoms with E-state index in [2.05, 4.69) is 10.3 Å². The van der Waals surface area contributed by atoms with Gasteiger partial charge in [0.25, 0.3) is 6.01 Å². The van der Waals surface area contributed by atoms with Gasteiger partial charge in [-0.05, 0) is 24.3 Å². The third kappa shape index (κ3) is 2.42. The predicted octanol–water partition coefficient (Wildman–Crippen LogP) is 4.10. The quantitative estimate of drug-likeness (QED) is 0.785. The largest absolute Gasteiger partial charge is 0.496 e. The third-order valence-electron chi connectivity index (χ3n) is 3.01. The maximum atomic E-state index is 6.18. The standard InChI is InChI=1S/C15H13ClN2O2/c1-19-13-8-4-5-11(16)10(13)9-17-15-18-12-6-2-3-7-14(12)20-15/h2-8H,9H2,1H3,(H,17,18). The number of ether oxygens (including phenoxy) is 1. The van der Waals surface area contributed by atoms with Gasteiger partial charge in [-0.2, -0.15) is 4.98 Å². The fourth-order valence-electron chi connectivity index (χ4n) is 2.01. The molecule has 0 radical (unpaired) electrons. The molecule has 5 heteroatoms. The third-order valence-corrected chi connectivity index (χ3v) is 3.36. The van der Waals surface area contributed by atoms with E-state index in [1.165, 1.54) is 0 Å². The Morgan fingerprint density at radius 1 is 1.20 bits per heavy atom. The smallest absolute Gasteiger partial charge is 0.295 e. The highest BCUT2D eigenvalue weighted by Gasteiger charge is 2.09. The number of aromatic nitrogens is 1. The molecule has 0 saturated carbocycles. The highest BCUT2D eigenvalue weighted by Crippen LogP contribution is 2.27. The Balaban J connectivity index is 1.82. The molecule has 3 rings (SSSR count). The van der Waals surface area contributed by atoms with Crippen LogP contribution in [0.4, 0.5) is 6.01 Å². The van der Waals surface area contributed by atoms with Gasteiger partial charge in [0.15, 0.2) is 5.58 Å². The van der Waals surface area contributed by atoms with E-state index >= 15 is 0 Å². The van der Waals surface area contributed by atoms with Crippen molar-refractivity contribution in [3.8, 4) is 5.75 Å². The first-order valence-corrected chi connectivity index (χ1v) is 6.56. The Morgan fingerprint density at radius 3 is 2.85 bits per heavy atom. The number of para-hydroxylation sites is 2. The molecule has 0 atom stereocenters. The zero-order chi connectivity index (χ0) is 13.9. The van der Waals surface area contributed by atoms with Crippen LogP contribution in [0.3, 0.4) is 0 Å². The van der Waals surface area contributed by atoms with Crippen molar-refractivity contribution in [2.24, 2.45) is 0 Å². The van der Waals surface area contributed by atoms with Crippen molar-refractivity contribution in [3.63, 3.8) is 0 Å². The molecule has 20 heavy (non-hydrogen) atoms. The fraction of sp³-hybridized carbons (Fsp3) is 0.133. The molecule has 102 valence electrons. The molecule has 0 unspecified atom stereocenters. The van der Waals surface area contributed by atoms with Crippen LogP contribution in [0.5, 0.6) is 5.75 Å². The summed E-state index contributed by atoms with van der Waals surface area (Å²) in [7, 11) is 1.62. The Morgan fingerprint density at radius 2 is 2.05 bits per heavy atom. The highest BCUT2D eigenvalue weighted by molar-refractivity contribution is 6.31. The molecule has 0 aliphatic rings. The van der Waals surface area contributed by atoms with E-state index in [0.717, 1.165) is 22.4 Å². The summed E-state index contributed by atoms with van der Waals surface area (Å²) >= 11 is 6.18. The van der Waals surface area contributed by atoms with Crippen molar-refractivity contribution in [1.29, 1.82) is 0 Å². The second-order valence-electron chi connectivity index (χ2n) is 4.26. The number of hydrogen-bond donors (Lipinski definition) is 1. The summed E-state index contributed by atoms with van der Waals surface area (Å²) in [5.41, 5.74) is 2.45. The van der Waals surface area contributed by atoms with Crippen LogP contribution in [0.1, 0.15) is 5.56 Å². The van der Waals surface area contributed by atoms with Crippen LogP contribution in [0.15, 0.2) is 46.9 Å². The van der Waals surface area contributed by atoms with Crippen molar-refractivity contribution in [2.45, 2.75) is 6.54 Å². The molecule has 0 spiro atoms. The van der Waals surface area contributed by atoms with Gasteiger partial charge in [0, 0.05) is 17.1 Å². The highest BCUT2D eigenvalue weighted by atomic mass is 35.5. The number of nitrogens with zero attached hydrogens (tertiary/aromatic N) is 1. The zero-order valence-corrected chi connectivity index (χ0v) is 11.6. The average molecular weight is 289 g/mol. The number of anilines is 1. The lowest BCUT2D eigenvalue weighted by molar-refractivity contribution is 0.410. The van der Waals surface area contributed by atoms with Crippen LogP contribution in [0, 0.1) is 0 Å². The van der Waals surface area contributed by atoms with E-state index in [1.54, 1.807) is 7.11 Å². The minimum Gasteiger partial charge on any atom is -0.496 e. The lowest BCUT2D eigenvalue weighted by Crippen LogP contribution is -2.02. The van der Waals surface area contributed by atoms with Gasteiger partial charge in [-0.15, -0.1) is 0 Å². The number of methoxy groups -OCH3 is 1. The van der Waals surface area contributed by atoms with Crippen LogP contribution in [0.2, 0.25) is 5.02 Å². The molecule has 1 heterocycles. The molecule has 3 aromatic rings. The number of fused-ring (bicyclic) bond motifs is 1. The summed E-state index contributed by atoms with van der Waals surface area (Å²) in [4.78, 5) is 4.35. The van der Waals surface area contributed by atoms with Crippen molar-refractivity contribution in [3.05, 3.63) is 53.1 Å². The molecule has 0 amide bonds. The van der Waals surface area contributed by atoms with Crippen molar-refractivity contribution < 1.29 is 9.15 Å². The Labute approximate surface area is 121 Å². The Bertz CT molecular complexity index is 707. The summed E-state index contributed by atoms with van der Waals surface area (Å²) < 4.78 is 10.9. The molecule has 0 aliphatic carbocycles. The van der Waals surface area contributed by atoms with Gasteiger partial charge in [-0.3, -0.25) is 0 Å². The summed E-state index contributed by atoms with van der Waals surface area (Å²) in [6.45, 7) is 0.482. The second-order valence-corrected chi connectivity index (χ2v) is 4.67. The molecular formula is C15H13ClN2O2. The summed E-state index contributed by atoms with van der Waals surface area (Å²) in [6, 6.07) is 13.6. The maximum Gasteiger partial charge on any atom is 0.295 e. The van der Waals surface area contributed by atoms with Gasteiger partial charge in [-0.25, -0.2) is 0 Å². The van der Waals surface area contributed by atoms with Crippen LogP contribution in [-0.4, -0.2) is 12.1 Å². The number of rotatable bonds is 4. The van der Waals surface area contributed by atoms with E-state index in [1.807, 2.05) is 42.5 Å². The zero-order valence-electron chi connectivity index (χ0n) is 10.9. The first-order valence-electron chi connectivity index (χ1n) is 6.19. The minimum atomic E-state index is 0.466. The van der Waals surface area contributed by atoms with E-state index in [9.17, 15) is 0 Å². The monoisotopic (exact) mass is 288 g/mol. The Hall–Kier alpha value is -2.20. The Kier molecular flexibility index (Phi) is 3.48. The van der Waals surface area contributed by atoms with Gasteiger partial charge in [-0.1, -0.05) is 29.8 Å². The van der Waals surface area contributed by atoms with E-state index in [4.69, 9.17) is 20.8 Å². The van der Waals surface area contributed by atoms with Crippen LogP contribution in [-0.2, 0) is 6.54 Å². The molecule has 0 aliphatic heterocycles. The molecule has 0 bridgehead atoms. The number of oxazole rings is 1. The van der Waals surface area contributed by atoms with Gasteiger partial charge >= 0.3 is 0 Å². The first-order chi connectivity index (χ1) is 9.78. The molecule has 2 aromatic carbocycles. The molecule has 4 nitrogen and oxygen atoms in total. The van der Waals surface area contributed by atoms with Gasteiger partial charge in [0.05, 0.1) is 7.11 Å². The topological polar surface area (TPSA) is 47.3 Å². The van der Waals surface area contributed by atoms with E-state index in [0.29, 0.717) is 17.6 Å². The second kappa shape index (κ2) is 5.43. The van der Waals surface area contributed by atoms with Crippen molar-refractivity contribution in [2.75, 3.05) is 12.4 Å². The normalized spacial score (nSPS) is 10.7. The number of hydrogen-bond acceptors (Lipinski definition) is 4. The molecule has 0 fully saturated rings. The summed E-state index contributed by atoms with van der Waals surface area (Å²) in [6.07, 6.45) is 0. The van der Waals surface area contributed by atoms with E-state index in [-0.39, 0.29) is 0 Å². The molecule has 0 saturated heterocycles. The lowest BCUT2D eigenvalue weighted by Gasteiger charge is -2.10. The molecular weight excluding hydrogens is 276 g/mol. The van der Waals surface area contributed by atoms with Gasteiger partial charge in [0.1, 0.15) is 11.3 Å². The predicted molar refractivity (Wildman–Crippen MR) is 79.3 cm³/mol. The van der Waals surface area contributed by atoms with Crippen molar-refractivity contribution in [1.82, 2.24) is 4.98 Å². The van der Waals surface area contributed by atoms with Crippen LogP contribution >= 0.6 is 11.6 Å². The fourth-order valence-corrected chi connectivity index (χ4v) is 2.25. The summed E-state index contributed by atoms with van der Waals surface area (Å²) in [5.74, 6) is 0.737. The van der Waals surface area contributed by atoms with Gasteiger partial charge in [0.2, 0.25) is 0 Å². The van der Waals surface area contributed by atoms with Crippen LogP contribution < -0.4 is 10.1 Å². The SMILES string of the molecule is COc1cccc(Cl)c1CNc1nc2ccccc2o1. The number of halogens is 1. The number of benzene rings is 2. The first kappa shape index (κ1) is 12.8. The number of nitrogens with one attached hydrogen (secondary N) is 1. The maximum absolute atomic E-state index is 6.18. The lowest BCUT2D eigenvalue weighted by atomic mass is 10.2. The molecule has 1 aromatic heterocycles. The van der Waals surface area contributed by atoms with Gasteiger partial charge < -0.3 is 14.5 Å². The van der Waals surface area contributed by atoms with Crippen molar-refractivity contribution >= 4 is 28.7 Å². The minimum absolute atomic E-state index is 0.466. The van der Waals surface area contributed by atoms with Crippen LogP contribution in [0.25, 0.3) is 11.1 Å². The molecule has 1 N–H and O–H groups in total. The summed E-state index contributed by atoms with van der Waals surface area (Å²) in [5, 5.41) is 3.77. The van der Waals surface area contributed by atoms with E-state index < -0.39 is 0 Å². The average Bonchev–Trinajstić information content (AvgIpc) is 2.88.